The lowest BCUT2D eigenvalue weighted by atomic mass is 9.43. The highest BCUT2D eigenvalue weighted by Gasteiger charge is 2.56. The van der Waals surface area contributed by atoms with Crippen LogP contribution in [0.1, 0.15) is 39.2 Å². The Morgan fingerprint density at radius 1 is 1.18 bits per heavy atom. The number of fused-ring (bicyclic) bond motifs is 3. The molecule has 3 saturated carbocycles. The third-order valence-corrected chi connectivity index (χ3v) is 11.8. The van der Waals surface area contributed by atoms with Crippen LogP contribution in [0.4, 0.5) is 18.9 Å². The fourth-order valence-electron chi connectivity index (χ4n) is 8.50. The number of pyridine rings is 1. The number of aryl methyl sites for hydroxylation is 1. The maximum absolute atomic E-state index is 14.8. The molecule has 51 heavy (non-hydrogen) atoms. The first-order valence-corrected chi connectivity index (χ1v) is 17.9. The van der Waals surface area contributed by atoms with Crippen molar-refractivity contribution < 1.29 is 17.9 Å². The standard InChI is InChI=1S/C39H46F3N7O2/c1-23-26(16-27-17-31(23)39(27,2)3)21-45-38(48-15-13-44-34(22-48)35(41)42)46-28-8-10-30-33(18-28)47-36(25-6-5-12-43-20-25)49(37(30)50)14-11-24-7-9-29(51-4)19-32(24)40/h5-10,12,18-20,23,26-27,31,34-35,44H,11,13-17,21-22H2,1-4H3,(H,45,46)/t23-,26-,27+,31+,34?/m1/s1. The fraction of sp³-hybridized carbons (Fsp3) is 0.487. The van der Waals surface area contributed by atoms with Gasteiger partial charge >= 0.3 is 0 Å². The van der Waals surface area contributed by atoms with Crippen molar-refractivity contribution in [1.29, 1.82) is 0 Å². The predicted molar refractivity (Wildman–Crippen MR) is 194 cm³/mol. The smallest absolute Gasteiger partial charge is 0.261 e. The second-order valence-corrected chi connectivity index (χ2v) is 14.9. The van der Waals surface area contributed by atoms with Crippen LogP contribution in [-0.2, 0) is 13.0 Å². The monoisotopic (exact) mass is 701 g/mol. The highest BCUT2D eigenvalue weighted by Crippen LogP contribution is 2.62. The lowest BCUT2D eigenvalue weighted by Gasteiger charge is -2.62. The number of halogens is 3. The average molecular weight is 702 g/mol. The maximum atomic E-state index is 14.8. The van der Waals surface area contributed by atoms with Gasteiger partial charge in [-0.2, -0.15) is 0 Å². The van der Waals surface area contributed by atoms with E-state index in [2.05, 4.69) is 36.4 Å². The topological polar surface area (TPSA) is 96.7 Å². The van der Waals surface area contributed by atoms with E-state index in [1.54, 1.807) is 53.4 Å². The molecule has 3 aliphatic carbocycles. The molecule has 2 aromatic heterocycles. The molecule has 4 aromatic rings. The summed E-state index contributed by atoms with van der Waals surface area (Å²) in [5, 5.41) is 6.78. The van der Waals surface area contributed by atoms with Crippen molar-refractivity contribution in [2.24, 2.45) is 34.1 Å². The summed E-state index contributed by atoms with van der Waals surface area (Å²) in [5.74, 6) is 3.31. The summed E-state index contributed by atoms with van der Waals surface area (Å²) < 4.78 is 49.2. The largest absolute Gasteiger partial charge is 0.497 e. The zero-order chi connectivity index (χ0) is 35.9. The number of nitrogens with one attached hydrogen (secondary N) is 2. The van der Waals surface area contributed by atoms with E-state index in [1.807, 2.05) is 11.0 Å². The molecule has 2 N–H and O–H groups in total. The van der Waals surface area contributed by atoms with Crippen LogP contribution in [0.5, 0.6) is 5.75 Å². The Morgan fingerprint density at radius 2 is 2.02 bits per heavy atom. The van der Waals surface area contributed by atoms with Crippen LogP contribution in [0, 0.1) is 34.9 Å². The SMILES string of the molecule is COc1ccc(CCn2c(-c3cccnc3)nc3cc(NC(=NC[C@H]4C[C@H]5C[C@@H]([C@@H]4C)C5(C)C)N4CCNC(C(F)F)C4)ccc3c2=O)c(F)c1. The van der Waals surface area contributed by atoms with Gasteiger partial charge in [-0.25, -0.2) is 18.2 Å². The van der Waals surface area contributed by atoms with Gasteiger partial charge in [-0.05, 0) is 90.3 Å². The molecule has 3 heterocycles. The molecule has 8 rings (SSSR count). The number of methoxy groups -OCH3 is 1. The van der Waals surface area contributed by atoms with E-state index < -0.39 is 18.3 Å². The zero-order valence-corrected chi connectivity index (χ0v) is 29.6. The van der Waals surface area contributed by atoms with E-state index >= 15 is 0 Å². The van der Waals surface area contributed by atoms with Crippen LogP contribution in [0.3, 0.4) is 0 Å². The number of hydrogen-bond donors (Lipinski definition) is 2. The second-order valence-electron chi connectivity index (χ2n) is 14.9. The summed E-state index contributed by atoms with van der Waals surface area (Å²) in [6, 6.07) is 12.7. The number of hydrogen-bond acceptors (Lipinski definition) is 6. The fourth-order valence-corrected chi connectivity index (χ4v) is 8.50. The number of guanidine groups is 1. The van der Waals surface area contributed by atoms with Gasteiger partial charge in [0.2, 0.25) is 0 Å². The number of piperazine rings is 1. The van der Waals surface area contributed by atoms with Gasteiger partial charge < -0.3 is 20.3 Å². The Kier molecular flexibility index (Phi) is 9.80. The number of benzene rings is 2. The van der Waals surface area contributed by atoms with E-state index in [-0.39, 0.29) is 25.1 Å². The van der Waals surface area contributed by atoms with E-state index in [1.165, 1.54) is 19.6 Å². The predicted octanol–water partition coefficient (Wildman–Crippen LogP) is 6.47. The lowest BCUT2D eigenvalue weighted by molar-refractivity contribution is -0.126. The van der Waals surface area contributed by atoms with Crippen LogP contribution in [0.25, 0.3) is 22.3 Å². The highest BCUT2D eigenvalue weighted by molar-refractivity contribution is 5.96. The van der Waals surface area contributed by atoms with Gasteiger partial charge in [-0.1, -0.05) is 26.8 Å². The second kappa shape index (κ2) is 14.3. The van der Waals surface area contributed by atoms with Crippen molar-refractivity contribution in [3.63, 3.8) is 0 Å². The normalized spacial score (nSPS) is 24.4. The van der Waals surface area contributed by atoms with E-state index in [9.17, 15) is 18.0 Å². The van der Waals surface area contributed by atoms with Crippen molar-refractivity contribution in [2.45, 2.75) is 59.0 Å². The Balaban J connectivity index is 1.20. The number of ether oxygens (including phenoxy) is 1. The summed E-state index contributed by atoms with van der Waals surface area (Å²) >= 11 is 0. The molecule has 270 valence electrons. The van der Waals surface area contributed by atoms with Crippen molar-refractivity contribution in [2.75, 3.05) is 38.6 Å². The number of aliphatic imine (C=N–C) groups is 1. The summed E-state index contributed by atoms with van der Waals surface area (Å²) in [6.07, 6.45) is 3.45. The third kappa shape index (κ3) is 6.94. The molecule has 1 unspecified atom stereocenters. The van der Waals surface area contributed by atoms with Crippen LogP contribution in [-0.4, -0.2) is 71.2 Å². The van der Waals surface area contributed by atoms with Crippen molar-refractivity contribution >= 4 is 22.5 Å². The van der Waals surface area contributed by atoms with Crippen molar-refractivity contribution in [3.8, 4) is 17.1 Å². The molecule has 0 spiro atoms. The summed E-state index contributed by atoms with van der Waals surface area (Å²) in [5.41, 5.74) is 2.31. The number of nitrogens with zero attached hydrogens (tertiary/aromatic N) is 5. The van der Waals surface area contributed by atoms with Crippen LogP contribution >= 0.6 is 0 Å². The Morgan fingerprint density at radius 3 is 2.73 bits per heavy atom. The summed E-state index contributed by atoms with van der Waals surface area (Å²) in [7, 11) is 1.48. The minimum absolute atomic E-state index is 0.123. The van der Waals surface area contributed by atoms with Crippen LogP contribution in [0.2, 0.25) is 0 Å². The number of anilines is 1. The van der Waals surface area contributed by atoms with E-state index in [0.29, 0.717) is 94.0 Å². The number of alkyl halides is 2. The van der Waals surface area contributed by atoms with E-state index in [4.69, 9.17) is 14.7 Å². The molecule has 2 aromatic carbocycles. The maximum Gasteiger partial charge on any atom is 0.261 e. The molecule has 1 saturated heterocycles. The van der Waals surface area contributed by atoms with Crippen LogP contribution < -0.4 is 20.9 Å². The molecule has 1 aliphatic heterocycles. The van der Waals surface area contributed by atoms with Gasteiger partial charge in [-0.15, -0.1) is 0 Å². The molecule has 12 heteroatoms. The van der Waals surface area contributed by atoms with Crippen molar-refractivity contribution in [3.05, 3.63) is 82.7 Å². The Hall–Kier alpha value is -4.45. The first kappa shape index (κ1) is 35.0. The van der Waals surface area contributed by atoms with Gasteiger partial charge in [0, 0.05) is 62.4 Å². The minimum atomic E-state index is -2.50. The van der Waals surface area contributed by atoms with Gasteiger partial charge in [0.05, 0.1) is 24.1 Å². The summed E-state index contributed by atoms with van der Waals surface area (Å²) in [6.45, 7) is 8.98. The van der Waals surface area contributed by atoms with Gasteiger partial charge in [0.15, 0.2) is 5.96 Å². The number of rotatable bonds is 9. The lowest BCUT2D eigenvalue weighted by Crippen LogP contribution is -2.57. The van der Waals surface area contributed by atoms with Crippen molar-refractivity contribution in [1.82, 2.24) is 24.8 Å². The Labute approximate surface area is 296 Å². The van der Waals surface area contributed by atoms with Gasteiger partial charge in [-0.3, -0.25) is 19.3 Å². The average Bonchev–Trinajstić information content (AvgIpc) is 3.13. The molecular formula is C39H46F3N7O2. The molecule has 5 atom stereocenters. The minimum Gasteiger partial charge on any atom is -0.497 e. The first-order chi connectivity index (χ1) is 24.5. The zero-order valence-electron chi connectivity index (χ0n) is 29.6. The molecular weight excluding hydrogens is 655 g/mol. The molecule has 9 nitrogen and oxygen atoms in total. The molecule has 0 amide bonds. The molecule has 4 fully saturated rings. The van der Waals surface area contributed by atoms with Crippen LogP contribution in [0.15, 0.2) is 70.7 Å². The molecule has 0 radical (unpaired) electrons. The van der Waals surface area contributed by atoms with Gasteiger partial charge in [0.25, 0.3) is 12.0 Å². The first-order valence-electron chi connectivity index (χ1n) is 17.9. The molecule has 4 aliphatic rings. The third-order valence-electron chi connectivity index (χ3n) is 11.8. The van der Waals surface area contributed by atoms with Gasteiger partial charge in [0.1, 0.15) is 17.4 Å². The molecule has 2 bridgehead atoms. The summed E-state index contributed by atoms with van der Waals surface area (Å²) in [4.78, 5) is 30.2. The highest BCUT2D eigenvalue weighted by atomic mass is 19.3. The number of aromatic nitrogens is 3. The Bertz CT molecular complexity index is 1970. The quantitative estimate of drug-likeness (QED) is 0.153. The van der Waals surface area contributed by atoms with E-state index in [0.717, 1.165) is 6.42 Å².